The quantitative estimate of drug-likeness (QED) is 0.192. The second-order valence-corrected chi connectivity index (χ2v) is 31.6. The highest BCUT2D eigenvalue weighted by Crippen LogP contribution is 2.39. The molecule has 1 aromatic rings. The molecule has 0 aromatic heterocycles. The highest BCUT2D eigenvalue weighted by Gasteiger charge is 2.52. The van der Waals surface area contributed by atoms with Crippen LogP contribution in [-0.4, -0.2) is 250 Å². The summed E-state index contributed by atoms with van der Waals surface area (Å²) in [5.41, 5.74) is -2.33. The third-order valence-electron chi connectivity index (χ3n) is 23.6. The molecule has 1 spiro atoms. The summed E-state index contributed by atoms with van der Waals surface area (Å²) in [4.78, 5) is 193. The lowest BCUT2D eigenvalue weighted by molar-refractivity contribution is -0.160. The van der Waals surface area contributed by atoms with Gasteiger partial charge in [-0.3, -0.25) is 57.5 Å². The lowest BCUT2D eigenvalue weighted by Gasteiger charge is -2.45. The van der Waals surface area contributed by atoms with Gasteiger partial charge in [0.1, 0.15) is 59.9 Å². The van der Waals surface area contributed by atoms with Crippen LogP contribution in [0.1, 0.15) is 206 Å². The molecule has 3 aliphatic carbocycles. The number of alkyl halides is 3. The predicted octanol–water partition coefficient (Wildman–Crippen LogP) is 6.95. The van der Waals surface area contributed by atoms with E-state index in [1.54, 1.807) is 11.8 Å². The highest BCUT2D eigenvalue weighted by molar-refractivity contribution is 6.31. The van der Waals surface area contributed by atoms with Crippen molar-refractivity contribution in [3.05, 3.63) is 34.3 Å². The molecule has 574 valence electrons. The lowest BCUT2D eigenvalue weighted by Crippen LogP contribution is -2.65. The smallest absolute Gasteiger partial charge is 0.343 e. The standard InChI is InChI=1S/C75H114ClF3N12O12/c1-12-47(4)63-72(102)84(7)48(5)66(96)91-39-33-56(91)69(99)86(9)58(42-49-24-15-13-16-25-49)68(98)83(6)45-61(92)80-54(32-30-51-29-31-52(53(76)41-51)75(77,78)79)67(97)90-38-23-28-55(90)65(95)82-74(34-19-20-35-74)73(103)88(11)59(43-50-26-17-18-27-50)70(100)87(10)60(71(101)89-36-21-14-22-37-89)44-62(93)85(8)57(40-46(2)3)64(94)81-63/h29,31,41,46-50,54-60,63H,12-28,30,32-40,42-45H2,1-11H3,(H,80,92)(H,81,94)(H,82,95)/t47-,48-,54-,55-,56-,57-,58-,59-,60-,63-/m0/s1. The number of nitrogens with zero attached hydrogens (tertiary/aromatic N) is 9. The number of piperidine rings is 1. The fourth-order valence-corrected chi connectivity index (χ4v) is 17.0. The average Bonchev–Trinajstić information content (AvgIpc) is 1.77. The van der Waals surface area contributed by atoms with Crippen molar-refractivity contribution in [1.82, 2.24) is 60.0 Å². The van der Waals surface area contributed by atoms with Crippen molar-refractivity contribution in [3.8, 4) is 0 Å². The first-order valence-electron chi connectivity index (χ1n) is 37.9. The third kappa shape index (κ3) is 19.5. The summed E-state index contributed by atoms with van der Waals surface area (Å²) < 4.78 is 41.7. The van der Waals surface area contributed by atoms with E-state index in [4.69, 9.17) is 11.6 Å². The van der Waals surface area contributed by atoms with Crippen LogP contribution in [0.4, 0.5) is 13.2 Å². The molecule has 7 aliphatic rings. The monoisotopic (exact) mass is 1470 g/mol. The zero-order chi connectivity index (χ0) is 75.5. The Bertz CT molecular complexity index is 3240. The predicted molar refractivity (Wildman–Crippen MR) is 381 cm³/mol. The normalized spacial score (nSPS) is 28.3. The summed E-state index contributed by atoms with van der Waals surface area (Å²) >= 11 is 6.18. The molecule has 28 heteroatoms. The van der Waals surface area contributed by atoms with Gasteiger partial charge in [0.2, 0.25) is 70.9 Å². The fourth-order valence-electron chi connectivity index (χ4n) is 16.6. The Balaban J connectivity index is 1.18. The Kier molecular flexibility index (Phi) is 28.4. The molecular weight excluding hydrogens is 1350 g/mol. The van der Waals surface area contributed by atoms with Crippen molar-refractivity contribution in [3.63, 3.8) is 0 Å². The number of likely N-dealkylation sites (tertiary alicyclic amines) is 1. The first-order chi connectivity index (χ1) is 48.7. The molecular formula is C75H114ClF3N12O12. The number of hydrogen-bond donors (Lipinski definition) is 3. The van der Waals surface area contributed by atoms with Crippen LogP contribution in [0.5, 0.6) is 0 Å². The Morgan fingerprint density at radius 3 is 1.77 bits per heavy atom. The molecule has 3 N–H and O–H groups in total. The number of likely N-dealkylation sites (N-methyl/N-ethyl adjacent to an activating group) is 6. The van der Waals surface area contributed by atoms with Crippen molar-refractivity contribution < 1.29 is 70.7 Å². The number of amides is 12. The van der Waals surface area contributed by atoms with E-state index in [-0.39, 0.29) is 88.6 Å². The number of carbonyl (C=O) groups is 12. The zero-order valence-corrected chi connectivity index (χ0v) is 63.3. The van der Waals surface area contributed by atoms with Crippen molar-refractivity contribution in [2.75, 3.05) is 75.0 Å². The number of fused-ring (bicyclic) bond motifs is 2. The van der Waals surface area contributed by atoms with Crippen molar-refractivity contribution in [2.45, 2.75) is 268 Å². The fraction of sp³-hybridized carbons (Fsp3) is 0.760. The maximum atomic E-state index is 15.8. The first kappa shape index (κ1) is 81.6. The van der Waals surface area contributed by atoms with E-state index in [9.17, 15) is 32.3 Å². The second kappa shape index (κ2) is 35.8. The van der Waals surface area contributed by atoms with Crippen LogP contribution >= 0.6 is 11.6 Å². The summed E-state index contributed by atoms with van der Waals surface area (Å²) in [6.07, 6.45) is 7.47. The van der Waals surface area contributed by atoms with Gasteiger partial charge < -0.3 is 60.0 Å². The van der Waals surface area contributed by atoms with Crippen LogP contribution in [0.15, 0.2) is 18.2 Å². The van der Waals surface area contributed by atoms with Crippen molar-refractivity contribution >= 4 is 82.5 Å². The van der Waals surface area contributed by atoms with E-state index >= 15 is 38.4 Å². The van der Waals surface area contributed by atoms with E-state index < -0.39 is 166 Å². The molecule has 0 radical (unpaired) electrons. The molecule has 0 bridgehead atoms. The zero-order valence-electron chi connectivity index (χ0n) is 62.6. The van der Waals surface area contributed by atoms with Gasteiger partial charge in [0.25, 0.3) is 0 Å². The van der Waals surface area contributed by atoms with Crippen LogP contribution in [0, 0.1) is 23.7 Å². The van der Waals surface area contributed by atoms with Gasteiger partial charge in [0.05, 0.1) is 23.6 Å². The van der Waals surface area contributed by atoms with E-state index in [1.807, 2.05) is 20.8 Å². The van der Waals surface area contributed by atoms with Crippen LogP contribution in [0.3, 0.4) is 0 Å². The molecule has 8 rings (SSSR count). The van der Waals surface area contributed by atoms with Gasteiger partial charge in [-0.05, 0) is 132 Å². The number of hydrogen-bond acceptors (Lipinski definition) is 12. The van der Waals surface area contributed by atoms with Crippen molar-refractivity contribution in [1.29, 1.82) is 0 Å². The van der Waals surface area contributed by atoms with Gasteiger partial charge in [-0.25, -0.2) is 0 Å². The minimum absolute atomic E-state index is 0.00137. The van der Waals surface area contributed by atoms with E-state index in [0.29, 0.717) is 57.2 Å². The molecule has 103 heavy (non-hydrogen) atoms. The Morgan fingerprint density at radius 1 is 0.602 bits per heavy atom. The topological polar surface area (TPSA) is 270 Å². The largest absolute Gasteiger partial charge is 0.417 e. The number of benzene rings is 1. The van der Waals surface area contributed by atoms with Gasteiger partial charge in [0.15, 0.2) is 0 Å². The lowest BCUT2D eigenvalue weighted by atomic mass is 9.84. The maximum absolute atomic E-state index is 15.8. The maximum Gasteiger partial charge on any atom is 0.417 e. The van der Waals surface area contributed by atoms with E-state index in [1.165, 1.54) is 89.6 Å². The van der Waals surface area contributed by atoms with Crippen LogP contribution < -0.4 is 16.0 Å². The molecule has 24 nitrogen and oxygen atoms in total. The van der Waals surface area contributed by atoms with Gasteiger partial charge in [-0.15, -0.1) is 0 Å². The van der Waals surface area contributed by atoms with Crippen LogP contribution in [-0.2, 0) is 70.1 Å². The molecule has 0 unspecified atom stereocenters. The van der Waals surface area contributed by atoms with Crippen LogP contribution in [0.25, 0.3) is 0 Å². The van der Waals surface area contributed by atoms with Crippen molar-refractivity contribution in [2.24, 2.45) is 23.7 Å². The summed E-state index contributed by atoms with van der Waals surface area (Å²) in [6.45, 7) is 9.26. The number of aryl methyl sites for hydroxylation is 1. The highest BCUT2D eigenvalue weighted by atomic mass is 35.5. The number of carbonyl (C=O) groups excluding carboxylic acids is 12. The second-order valence-electron chi connectivity index (χ2n) is 31.2. The van der Waals surface area contributed by atoms with Gasteiger partial charge in [-0.2, -0.15) is 13.2 Å². The SMILES string of the molecule is CC[C@H](C)[C@@H]1NC(=O)[C@H](CC(C)C)N(C)C(=O)C[C@@H](C(=O)N2CCCCC2)N(C)C(=O)[C@H](CC2CCCC2)N(C)C(=O)C2(CCCC2)NC(=O)[C@@H]2CCCN2C(=O)[C@H](CCc2ccc(C(F)(F)F)c(Cl)c2)NC(=O)CN(C)C(=O)[C@H](CC2CCCCC2)N(C)C(=O)[C@@H]2CCN2C(=O)[C@H](C)N(C)C1=O. The molecule has 10 atom stereocenters. The van der Waals surface area contributed by atoms with Gasteiger partial charge >= 0.3 is 6.18 Å². The molecule has 4 saturated heterocycles. The van der Waals surface area contributed by atoms with Crippen LogP contribution in [0.2, 0.25) is 5.02 Å². The average molecular weight is 1470 g/mol. The van der Waals surface area contributed by atoms with E-state index in [2.05, 4.69) is 16.0 Å². The Morgan fingerprint density at radius 2 is 1.19 bits per heavy atom. The minimum Gasteiger partial charge on any atom is -0.343 e. The summed E-state index contributed by atoms with van der Waals surface area (Å²) in [6, 6.07) is -7.70. The molecule has 3 saturated carbocycles. The molecule has 1 aromatic carbocycles. The number of nitrogens with one attached hydrogen (secondary N) is 3. The van der Waals surface area contributed by atoms with Gasteiger partial charge in [-0.1, -0.05) is 122 Å². The molecule has 4 heterocycles. The first-order valence-corrected chi connectivity index (χ1v) is 38.3. The minimum atomic E-state index is -4.76. The molecule has 4 aliphatic heterocycles. The summed E-state index contributed by atoms with van der Waals surface area (Å²) in [5.74, 6) is -8.05. The van der Waals surface area contributed by atoms with E-state index in [0.717, 1.165) is 81.2 Å². The molecule has 12 amide bonds. The Hall–Kier alpha value is -7.06. The van der Waals surface area contributed by atoms with Gasteiger partial charge in [0, 0.05) is 68.5 Å². The Labute approximate surface area is 611 Å². The summed E-state index contributed by atoms with van der Waals surface area (Å²) in [7, 11) is 8.76. The number of rotatable bonds is 12. The third-order valence-corrected chi connectivity index (χ3v) is 24.0. The summed E-state index contributed by atoms with van der Waals surface area (Å²) in [5, 5.41) is 8.26. The number of halogens is 4. The molecule has 7 fully saturated rings.